The third-order valence-electron chi connectivity index (χ3n) is 3.63. The molecule has 1 saturated heterocycles. The highest BCUT2D eigenvalue weighted by Crippen LogP contribution is 2.18. The summed E-state index contributed by atoms with van der Waals surface area (Å²) in [6.07, 6.45) is 2.65. The van der Waals surface area contributed by atoms with Crippen molar-refractivity contribution in [1.29, 1.82) is 0 Å². The minimum absolute atomic E-state index is 0.0147. The van der Waals surface area contributed by atoms with Crippen LogP contribution in [0.4, 0.5) is 0 Å². The van der Waals surface area contributed by atoms with Crippen LogP contribution in [0.3, 0.4) is 0 Å². The van der Waals surface area contributed by atoms with E-state index in [1.807, 2.05) is 12.1 Å². The maximum Gasteiger partial charge on any atom is 0.240 e. The van der Waals surface area contributed by atoms with Gasteiger partial charge in [0.05, 0.1) is 4.90 Å². The summed E-state index contributed by atoms with van der Waals surface area (Å²) in [5, 5.41) is 3.16. The molecule has 0 spiro atoms. The van der Waals surface area contributed by atoms with Crippen molar-refractivity contribution in [2.24, 2.45) is 0 Å². The first-order valence-electron chi connectivity index (χ1n) is 6.91. The van der Waals surface area contributed by atoms with E-state index >= 15 is 0 Å². The number of nitrogens with one attached hydrogen (secondary N) is 2. The Morgan fingerprint density at radius 2 is 2.00 bits per heavy atom. The molecule has 0 unspecified atom stereocenters. The Labute approximate surface area is 115 Å². The highest BCUT2D eigenvalue weighted by atomic mass is 32.2. The predicted molar refractivity (Wildman–Crippen MR) is 76.8 cm³/mol. The van der Waals surface area contributed by atoms with E-state index in [9.17, 15) is 8.42 Å². The lowest BCUT2D eigenvalue weighted by atomic mass is 10.0. The molecule has 1 aromatic rings. The standard InChI is InChI=1S/C14H22N2O2S/c1-3-11-5-6-14(9-12(11)4-2)19(17,18)16-13-7-8-15-10-13/h5-6,9,13,15-16H,3-4,7-8,10H2,1-2H3/t13-/m1/s1. The molecule has 5 heteroatoms. The van der Waals surface area contributed by atoms with E-state index in [4.69, 9.17) is 0 Å². The maximum absolute atomic E-state index is 12.3. The normalized spacial score (nSPS) is 19.8. The fourth-order valence-corrected chi connectivity index (χ4v) is 3.81. The second-order valence-electron chi connectivity index (χ2n) is 4.95. The molecule has 1 fully saturated rings. The Kier molecular flexibility index (Phi) is 4.60. The van der Waals surface area contributed by atoms with Gasteiger partial charge in [0, 0.05) is 12.6 Å². The Bertz CT molecular complexity index is 534. The summed E-state index contributed by atoms with van der Waals surface area (Å²) in [4.78, 5) is 0.383. The largest absolute Gasteiger partial charge is 0.315 e. The zero-order valence-corrected chi connectivity index (χ0v) is 12.4. The van der Waals surface area contributed by atoms with Crippen LogP contribution in [0.5, 0.6) is 0 Å². The van der Waals surface area contributed by atoms with Crippen LogP contribution < -0.4 is 10.0 Å². The lowest BCUT2D eigenvalue weighted by Gasteiger charge is -2.14. The van der Waals surface area contributed by atoms with Gasteiger partial charge in [0.2, 0.25) is 10.0 Å². The minimum atomic E-state index is -3.39. The Balaban J connectivity index is 2.24. The van der Waals surface area contributed by atoms with Crippen molar-refractivity contribution in [3.8, 4) is 0 Å². The molecule has 1 heterocycles. The summed E-state index contributed by atoms with van der Waals surface area (Å²) in [7, 11) is -3.39. The van der Waals surface area contributed by atoms with Crippen LogP contribution in [0.25, 0.3) is 0 Å². The lowest BCUT2D eigenvalue weighted by molar-refractivity contribution is 0.560. The zero-order chi connectivity index (χ0) is 13.9. The van der Waals surface area contributed by atoms with Crippen LogP contribution in [-0.2, 0) is 22.9 Å². The lowest BCUT2D eigenvalue weighted by Crippen LogP contribution is -2.36. The number of sulfonamides is 1. The van der Waals surface area contributed by atoms with E-state index in [0.717, 1.165) is 31.4 Å². The molecule has 2 N–H and O–H groups in total. The molecular weight excluding hydrogens is 260 g/mol. The Morgan fingerprint density at radius 3 is 2.58 bits per heavy atom. The summed E-state index contributed by atoms with van der Waals surface area (Å²) >= 11 is 0. The van der Waals surface area contributed by atoms with Gasteiger partial charge in [-0.05, 0) is 49.1 Å². The van der Waals surface area contributed by atoms with E-state index in [1.165, 1.54) is 5.56 Å². The van der Waals surface area contributed by atoms with Gasteiger partial charge in [0.25, 0.3) is 0 Å². The SMILES string of the molecule is CCc1ccc(S(=O)(=O)N[C@@H]2CCNC2)cc1CC. The molecule has 0 bridgehead atoms. The summed E-state index contributed by atoms with van der Waals surface area (Å²) in [6, 6.07) is 5.47. The number of aryl methyl sites for hydroxylation is 2. The van der Waals surface area contributed by atoms with Gasteiger partial charge in [-0.2, -0.15) is 0 Å². The maximum atomic E-state index is 12.3. The first-order valence-corrected chi connectivity index (χ1v) is 8.40. The number of benzene rings is 1. The molecule has 1 aromatic carbocycles. The topological polar surface area (TPSA) is 58.2 Å². The minimum Gasteiger partial charge on any atom is -0.315 e. The van der Waals surface area contributed by atoms with Crippen molar-refractivity contribution in [1.82, 2.24) is 10.0 Å². The summed E-state index contributed by atoms with van der Waals surface area (Å²) < 4.78 is 27.4. The van der Waals surface area contributed by atoms with Crippen LogP contribution in [0.15, 0.2) is 23.1 Å². The van der Waals surface area contributed by atoms with Gasteiger partial charge in [-0.1, -0.05) is 19.9 Å². The van der Waals surface area contributed by atoms with Crippen LogP contribution in [-0.4, -0.2) is 27.5 Å². The van der Waals surface area contributed by atoms with Crippen molar-refractivity contribution in [2.45, 2.75) is 44.0 Å². The fraction of sp³-hybridized carbons (Fsp3) is 0.571. The molecule has 0 amide bonds. The number of hydrogen-bond donors (Lipinski definition) is 2. The van der Waals surface area contributed by atoms with Crippen LogP contribution in [0, 0.1) is 0 Å². The van der Waals surface area contributed by atoms with E-state index in [1.54, 1.807) is 6.07 Å². The molecule has 0 aliphatic carbocycles. The van der Waals surface area contributed by atoms with Gasteiger partial charge < -0.3 is 5.32 Å². The first-order chi connectivity index (χ1) is 9.06. The van der Waals surface area contributed by atoms with Gasteiger partial charge >= 0.3 is 0 Å². The summed E-state index contributed by atoms with van der Waals surface area (Å²) in [5.74, 6) is 0. The summed E-state index contributed by atoms with van der Waals surface area (Å²) in [5.41, 5.74) is 2.35. The molecule has 2 rings (SSSR count). The Hall–Kier alpha value is -0.910. The highest BCUT2D eigenvalue weighted by molar-refractivity contribution is 7.89. The van der Waals surface area contributed by atoms with E-state index < -0.39 is 10.0 Å². The summed E-state index contributed by atoms with van der Waals surface area (Å²) in [6.45, 7) is 5.74. The molecule has 106 valence electrons. The second-order valence-corrected chi connectivity index (χ2v) is 6.66. The first kappa shape index (κ1) is 14.5. The molecular formula is C14H22N2O2S. The molecule has 0 saturated carbocycles. The molecule has 0 radical (unpaired) electrons. The van der Waals surface area contributed by atoms with Gasteiger partial charge in [-0.25, -0.2) is 13.1 Å². The number of rotatable bonds is 5. The van der Waals surface area contributed by atoms with Gasteiger partial charge in [0.1, 0.15) is 0 Å². The van der Waals surface area contributed by atoms with Crippen molar-refractivity contribution >= 4 is 10.0 Å². The van der Waals surface area contributed by atoms with Crippen molar-refractivity contribution in [3.05, 3.63) is 29.3 Å². The monoisotopic (exact) mass is 282 g/mol. The van der Waals surface area contributed by atoms with Gasteiger partial charge in [-0.3, -0.25) is 0 Å². The predicted octanol–water partition coefficient (Wildman–Crippen LogP) is 1.45. The fourth-order valence-electron chi connectivity index (χ4n) is 2.49. The molecule has 4 nitrogen and oxygen atoms in total. The van der Waals surface area contributed by atoms with Crippen LogP contribution >= 0.6 is 0 Å². The number of hydrogen-bond acceptors (Lipinski definition) is 3. The average molecular weight is 282 g/mol. The van der Waals surface area contributed by atoms with Crippen LogP contribution in [0.2, 0.25) is 0 Å². The van der Waals surface area contributed by atoms with E-state index in [0.29, 0.717) is 11.4 Å². The molecule has 1 aliphatic rings. The van der Waals surface area contributed by atoms with Gasteiger partial charge in [0.15, 0.2) is 0 Å². The van der Waals surface area contributed by atoms with Crippen LogP contribution in [0.1, 0.15) is 31.4 Å². The van der Waals surface area contributed by atoms with Crippen molar-refractivity contribution in [2.75, 3.05) is 13.1 Å². The third-order valence-corrected chi connectivity index (χ3v) is 5.15. The average Bonchev–Trinajstić information content (AvgIpc) is 2.89. The molecule has 19 heavy (non-hydrogen) atoms. The molecule has 0 aromatic heterocycles. The highest BCUT2D eigenvalue weighted by Gasteiger charge is 2.23. The van der Waals surface area contributed by atoms with Gasteiger partial charge in [-0.15, -0.1) is 0 Å². The zero-order valence-electron chi connectivity index (χ0n) is 11.6. The Morgan fingerprint density at radius 1 is 1.26 bits per heavy atom. The third kappa shape index (κ3) is 3.35. The molecule has 1 atom stereocenters. The van der Waals surface area contributed by atoms with E-state index in [-0.39, 0.29) is 6.04 Å². The quantitative estimate of drug-likeness (QED) is 0.859. The smallest absolute Gasteiger partial charge is 0.240 e. The second kappa shape index (κ2) is 6.03. The van der Waals surface area contributed by atoms with Crippen molar-refractivity contribution in [3.63, 3.8) is 0 Å². The van der Waals surface area contributed by atoms with E-state index in [2.05, 4.69) is 23.9 Å². The molecule has 1 aliphatic heterocycles. The van der Waals surface area contributed by atoms with Crippen molar-refractivity contribution < 1.29 is 8.42 Å².